The number of hydrogen-bond donors (Lipinski definition) is 1. The van der Waals surface area contributed by atoms with Gasteiger partial charge in [0.25, 0.3) is 5.91 Å². The predicted octanol–water partition coefficient (Wildman–Crippen LogP) is 3.90. The fourth-order valence-corrected chi connectivity index (χ4v) is 2.04. The van der Waals surface area contributed by atoms with Crippen LogP contribution in [0, 0.1) is 0 Å². The van der Waals surface area contributed by atoms with E-state index in [-0.39, 0.29) is 5.91 Å². The molecule has 0 atom stereocenters. The van der Waals surface area contributed by atoms with Crippen molar-refractivity contribution in [3.63, 3.8) is 0 Å². The van der Waals surface area contributed by atoms with Crippen LogP contribution in [0.4, 0.5) is 5.69 Å². The Morgan fingerprint density at radius 2 is 1.90 bits per heavy atom. The Hall–Kier alpha value is -2.29. The Balaban J connectivity index is 2.17. The molecule has 0 spiro atoms. The van der Waals surface area contributed by atoms with E-state index in [4.69, 9.17) is 4.74 Å². The number of carbonyl (C=O) groups excluding carboxylic acids is 1. The lowest BCUT2D eigenvalue weighted by atomic mass is 10.1. The van der Waals surface area contributed by atoms with E-state index < -0.39 is 0 Å². The first-order valence-corrected chi connectivity index (χ1v) is 6.86. The summed E-state index contributed by atoms with van der Waals surface area (Å²) in [5, 5.41) is 2.95. The van der Waals surface area contributed by atoms with Crippen LogP contribution in [0.25, 0.3) is 0 Å². The van der Waals surface area contributed by atoms with E-state index in [0.29, 0.717) is 17.9 Å². The number of hydrogen-bond acceptors (Lipinski definition) is 2. The summed E-state index contributed by atoms with van der Waals surface area (Å²) < 4.78 is 5.41. The molecule has 0 aromatic heterocycles. The topological polar surface area (TPSA) is 38.3 Å². The summed E-state index contributed by atoms with van der Waals surface area (Å²) in [6, 6.07) is 15.1. The fourth-order valence-electron chi connectivity index (χ4n) is 2.04. The molecule has 104 valence electrons. The Morgan fingerprint density at radius 1 is 1.10 bits per heavy atom. The minimum absolute atomic E-state index is 0.118. The Labute approximate surface area is 119 Å². The number of rotatable bonds is 5. The molecule has 0 heterocycles. The van der Waals surface area contributed by atoms with Gasteiger partial charge in [0.2, 0.25) is 0 Å². The number of para-hydroxylation sites is 1. The maximum absolute atomic E-state index is 12.3. The van der Waals surface area contributed by atoms with Crippen LogP contribution in [0.1, 0.15) is 29.8 Å². The first-order valence-electron chi connectivity index (χ1n) is 6.86. The number of carbonyl (C=O) groups is 1. The van der Waals surface area contributed by atoms with Crippen LogP contribution in [0.3, 0.4) is 0 Å². The van der Waals surface area contributed by atoms with Crippen LogP contribution in [0.5, 0.6) is 5.75 Å². The number of nitrogens with one attached hydrogen (secondary N) is 1. The van der Waals surface area contributed by atoms with Crippen LogP contribution in [-0.2, 0) is 6.42 Å². The highest BCUT2D eigenvalue weighted by molar-refractivity contribution is 6.04. The number of amides is 1. The average molecular weight is 269 g/mol. The first kappa shape index (κ1) is 14.1. The zero-order chi connectivity index (χ0) is 14.4. The molecule has 2 aromatic rings. The van der Waals surface area contributed by atoms with Crippen molar-refractivity contribution < 1.29 is 9.53 Å². The molecule has 0 aliphatic rings. The molecule has 20 heavy (non-hydrogen) atoms. The lowest BCUT2D eigenvalue weighted by Gasteiger charge is -2.10. The van der Waals surface area contributed by atoms with Crippen molar-refractivity contribution in [1.82, 2.24) is 0 Å². The van der Waals surface area contributed by atoms with Gasteiger partial charge >= 0.3 is 0 Å². The molecule has 1 amide bonds. The van der Waals surface area contributed by atoms with Crippen LogP contribution in [0.2, 0.25) is 0 Å². The predicted molar refractivity (Wildman–Crippen MR) is 81.4 cm³/mol. The molecule has 0 bridgehead atoms. The maximum Gasteiger partial charge on any atom is 0.255 e. The number of ether oxygens (including phenoxy) is 1. The molecule has 0 aliphatic heterocycles. The monoisotopic (exact) mass is 269 g/mol. The summed E-state index contributed by atoms with van der Waals surface area (Å²) in [5.74, 6) is 0.594. The molecule has 0 unspecified atom stereocenters. The highest BCUT2D eigenvalue weighted by Crippen LogP contribution is 2.18. The first-order chi connectivity index (χ1) is 9.74. The Morgan fingerprint density at radius 3 is 2.65 bits per heavy atom. The molecule has 0 saturated heterocycles. The van der Waals surface area contributed by atoms with Gasteiger partial charge in [0, 0.05) is 11.3 Å². The van der Waals surface area contributed by atoms with Gasteiger partial charge in [-0.25, -0.2) is 0 Å². The zero-order valence-corrected chi connectivity index (χ0v) is 11.8. The molecule has 2 rings (SSSR count). The quantitative estimate of drug-likeness (QED) is 0.894. The van der Waals surface area contributed by atoms with Crippen LogP contribution in [-0.4, -0.2) is 12.5 Å². The number of aryl methyl sites for hydroxylation is 1. The molecule has 0 aliphatic carbocycles. The van der Waals surface area contributed by atoms with Crippen LogP contribution >= 0.6 is 0 Å². The van der Waals surface area contributed by atoms with Crippen LogP contribution in [0.15, 0.2) is 48.5 Å². The van der Waals surface area contributed by atoms with E-state index in [1.807, 2.05) is 43.3 Å². The summed E-state index contributed by atoms with van der Waals surface area (Å²) in [6.07, 6.45) is 0.884. The minimum Gasteiger partial charge on any atom is -0.494 e. The van der Waals surface area contributed by atoms with E-state index in [9.17, 15) is 4.79 Å². The van der Waals surface area contributed by atoms with Crippen molar-refractivity contribution in [1.29, 1.82) is 0 Å². The molecule has 2 aromatic carbocycles. The van der Waals surface area contributed by atoms with Crippen molar-refractivity contribution in [2.45, 2.75) is 20.3 Å². The van der Waals surface area contributed by atoms with Gasteiger partial charge in [0.15, 0.2) is 0 Å². The summed E-state index contributed by atoms with van der Waals surface area (Å²) in [4.78, 5) is 12.3. The van der Waals surface area contributed by atoms with Gasteiger partial charge in [-0.05, 0) is 43.2 Å². The second kappa shape index (κ2) is 6.75. The van der Waals surface area contributed by atoms with Gasteiger partial charge in [-0.2, -0.15) is 0 Å². The Bertz CT molecular complexity index is 593. The highest BCUT2D eigenvalue weighted by atomic mass is 16.5. The lowest BCUT2D eigenvalue weighted by Crippen LogP contribution is -2.13. The third-order valence-electron chi connectivity index (χ3n) is 3.05. The highest BCUT2D eigenvalue weighted by Gasteiger charge is 2.09. The summed E-state index contributed by atoms with van der Waals surface area (Å²) in [6.45, 7) is 4.58. The van der Waals surface area contributed by atoms with Gasteiger partial charge in [0.05, 0.1) is 6.61 Å². The minimum atomic E-state index is -0.118. The number of benzene rings is 2. The van der Waals surface area contributed by atoms with Gasteiger partial charge < -0.3 is 10.1 Å². The van der Waals surface area contributed by atoms with Crippen LogP contribution < -0.4 is 10.1 Å². The smallest absolute Gasteiger partial charge is 0.255 e. The molecule has 3 nitrogen and oxygen atoms in total. The van der Waals surface area contributed by atoms with Crippen molar-refractivity contribution in [2.24, 2.45) is 0 Å². The average Bonchev–Trinajstić information content (AvgIpc) is 2.48. The molecular formula is C17H19NO2. The molecule has 0 radical (unpaired) electrons. The summed E-state index contributed by atoms with van der Waals surface area (Å²) in [7, 11) is 0. The maximum atomic E-state index is 12.3. The fraction of sp³-hybridized carbons (Fsp3) is 0.235. The van der Waals surface area contributed by atoms with E-state index in [2.05, 4.69) is 12.2 Å². The second-order valence-electron chi connectivity index (χ2n) is 4.43. The molecule has 3 heteroatoms. The van der Waals surface area contributed by atoms with E-state index in [1.54, 1.807) is 12.1 Å². The molecule has 0 saturated carbocycles. The SMILES string of the molecule is CCOc1cccc(C(=O)Nc2ccccc2CC)c1. The van der Waals surface area contributed by atoms with Gasteiger partial charge in [-0.1, -0.05) is 31.2 Å². The van der Waals surface area contributed by atoms with Crippen molar-refractivity contribution in [3.05, 3.63) is 59.7 Å². The Kier molecular flexibility index (Phi) is 4.77. The van der Waals surface area contributed by atoms with E-state index in [1.165, 1.54) is 0 Å². The largest absolute Gasteiger partial charge is 0.494 e. The zero-order valence-electron chi connectivity index (χ0n) is 11.8. The third kappa shape index (κ3) is 3.38. The van der Waals surface area contributed by atoms with E-state index >= 15 is 0 Å². The third-order valence-corrected chi connectivity index (χ3v) is 3.05. The molecule has 0 fully saturated rings. The summed E-state index contributed by atoms with van der Waals surface area (Å²) in [5.41, 5.74) is 2.59. The second-order valence-corrected chi connectivity index (χ2v) is 4.43. The van der Waals surface area contributed by atoms with Gasteiger partial charge in [-0.15, -0.1) is 0 Å². The van der Waals surface area contributed by atoms with Crippen molar-refractivity contribution in [2.75, 3.05) is 11.9 Å². The normalized spacial score (nSPS) is 10.1. The molecular weight excluding hydrogens is 250 g/mol. The van der Waals surface area contributed by atoms with Crippen molar-refractivity contribution in [3.8, 4) is 5.75 Å². The standard InChI is InChI=1S/C17H19NO2/c1-3-13-8-5-6-11-16(13)18-17(19)14-9-7-10-15(12-14)20-4-2/h5-12H,3-4H2,1-2H3,(H,18,19). The van der Waals surface area contributed by atoms with Gasteiger partial charge in [-0.3, -0.25) is 4.79 Å². The lowest BCUT2D eigenvalue weighted by molar-refractivity contribution is 0.102. The number of anilines is 1. The molecule has 1 N–H and O–H groups in total. The van der Waals surface area contributed by atoms with Gasteiger partial charge in [0.1, 0.15) is 5.75 Å². The van der Waals surface area contributed by atoms with Crippen molar-refractivity contribution >= 4 is 11.6 Å². The van der Waals surface area contributed by atoms with E-state index in [0.717, 1.165) is 17.7 Å². The summed E-state index contributed by atoms with van der Waals surface area (Å²) >= 11 is 0.